The van der Waals surface area contributed by atoms with E-state index < -0.39 is 16.4 Å². The second kappa shape index (κ2) is 8.26. The van der Waals surface area contributed by atoms with E-state index in [4.69, 9.17) is 17.0 Å². The molecule has 0 amide bonds. The van der Waals surface area contributed by atoms with Gasteiger partial charge in [-0.1, -0.05) is 17.7 Å². The molecule has 136 valence electrons. The fourth-order valence-corrected chi connectivity index (χ4v) is 2.40. The van der Waals surface area contributed by atoms with Crippen molar-refractivity contribution < 1.29 is 14.8 Å². The Morgan fingerprint density at radius 1 is 1.31 bits per heavy atom. The molecule has 0 saturated heterocycles. The first-order valence-electron chi connectivity index (χ1n) is 7.52. The van der Waals surface area contributed by atoms with Gasteiger partial charge in [0.15, 0.2) is 5.11 Å². The third-order valence-corrected chi connectivity index (χ3v) is 3.68. The lowest BCUT2D eigenvalue weighted by Crippen LogP contribution is -2.24. The van der Waals surface area contributed by atoms with Crippen LogP contribution in [0, 0.1) is 24.0 Å². The van der Waals surface area contributed by atoms with E-state index in [0.717, 1.165) is 22.9 Å². The van der Waals surface area contributed by atoms with Crippen molar-refractivity contribution in [2.24, 2.45) is 5.10 Å². The molecule has 9 heteroatoms. The number of hydrogen-bond acceptors (Lipinski definition) is 6. The molecular formula is C17H17N4O4S-. The molecule has 0 unspecified atom stereocenters. The largest absolute Gasteiger partial charge is 0.865 e. The lowest BCUT2D eigenvalue weighted by atomic mass is 10.1. The molecule has 2 aromatic carbocycles. The van der Waals surface area contributed by atoms with Gasteiger partial charge in [0.1, 0.15) is 5.75 Å². The van der Waals surface area contributed by atoms with Gasteiger partial charge < -0.3 is 15.2 Å². The summed E-state index contributed by atoms with van der Waals surface area (Å²) in [7, 11) is 1.27. The molecule has 0 radical (unpaired) electrons. The van der Waals surface area contributed by atoms with Crippen LogP contribution in [0.2, 0.25) is 0 Å². The van der Waals surface area contributed by atoms with Gasteiger partial charge in [-0.05, 0) is 43.8 Å². The summed E-state index contributed by atoms with van der Waals surface area (Å²) in [5.74, 6) is -0.911. The average Bonchev–Trinajstić information content (AvgIpc) is 2.58. The number of benzene rings is 2. The first kappa shape index (κ1) is 19.1. The second-order valence-electron chi connectivity index (χ2n) is 5.47. The molecule has 0 aliphatic carbocycles. The molecule has 2 aromatic rings. The molecule has 0 aromatic heterocycles. The molecule has 0 bridgehead atoms. The van der Waals surface area contributed by atoms with Crippen LogP contribution in [-0.2, 0) is 0 Å². The summed E-state index contributed by atoms with van der Waals surface area (Å²) in [4.78, 5) is 10.2. The van der Waals surface area contributed by atoms with Gasteiger partial charge in [0.05, 0.1) is 18.2 Å². The van der Waals surface area contributed by atoms with E-state index in [1.165, 1.54) is 19.4 Å². The van der Waals surface area contributed by atoms with Gasteiger partial charge in [-0.2, -0.15) is 5.10 Å². The van der Waals surface area contributed by atoms with Crippen LogP contribution < -0.4 is 20.6 Å². The molecule has 0 fully saturated rings. The van der Waals surface area contributed by atoms with Gasteiger partial charge >= 0.3 is 0 Å². The third kappa shape index (κ3) is 4.67. The number of rotatable bonds is 5. The number of nitro groups is 1. The highest BCUT2D eigenvalue weighted by Gasteiger charge is 2.12. The average molecular weight is 373 g/mol. The zero-order chi connectivity index (χ0) is 19.3. The predicted octanol–water partition coefficient (Wildman–Crippen LogP) is 2.61. The van der Waals surface area contributed by atoms with Crippen molar-refractivity contribution in [1.82, 2.24) is 5.43 Å². The lowest BCUT2D eigenvalue weighted by molar-refractivity contribution is -0.398. The van der Waals surface area contributed by atoms with E-state index >= 15 is 0 Å². The quantitative estimate of drug-likeness (QED) is 0.358. The van der Waals surface area contributed by atoms with Gasteiger partial charge in [0, 0.05) is 23.1 Å². The molecule has 8 nitrogen and oxygen atoms in total. The minimum atomic E-state index is -0.783. The van der Waals surface area contributed by atoms with Gasteiger partial charge in [-0.25, -0.2) is 0 Å². The molecule has 2 rings (SSSR count). The number of thiocarbonyl (C=S) groups is 1. The van der Waals surface area contributed by atoms with Crippen LogP contribution in [-0.4, -0.2) is 23.4 Å². The smallest absolute Gasteiger partial charge is 0.266 e. The van der Waals surface area contributed by atoms with Gasteiger partial charge in [0.25, 0.3) is 5.69 Å². The number of hydrazone groups is 1. The molecule has 0 saturated carbocycles. The van der Waals surface area contributed by atoms with Crippen LogP contribution in [0.15, 0.2) is 35.4 Å². The Labute approximate surface area is 155 Å². The Morgan fingerprint density at radius 2 is 2.04 bits per heavy atom. The van der Waals surface area contributed by atoms with E-state index in [1.54, 1.807) is 0 Å². The molecule has 0 atom stereocenters. The van der Waals surface area contributed by atoms with Crippen LogP contribution in [0.25, 0.3) is 0 Å². The van der Waals surface area contributed by atoms with E-state index in [0.29, 0.717) is 5.56 Å². The van der Waals surface area contributed by atoms with Crippen molar-refractivity contribution >= 4 is 34.9 Å². The number of hydrogen-bond donors (Lipinski definition) is 2. The maximum Gasteiger partial charge on any atom is 0.266 e. The summed E-state index contributed by atoms with van der Waals surface area (Å²) in [5.41, 5.74) is 5.39. The standard InChI is InChI=1S/C17H18N4O4S/c1-10-4-5-13(11(2)6-10)19-17(26)20-18-9-12-7-14(21(23)24)16(22)15(8-12)25-3/h4-9,22H,1-3H3,(H2,19,20,26)/p-1/b18-9-. The highest BCUT2D eigenvalue weighted by Crippen LogP contribution is 2.33. The number of nitro benzene ring substituents is 1. The third-order valence-electron chi connectivity index (χ3n) is 3.48. The SMILES string of the molecule is COc1cc(/C=N\NC(=S)Nc2ccc(C)cc2C)cc([N+](=O)[O-])c1[O-]. The number of methoxy groups -OCH3 is 1. The van der Waals surface area contributed by atoms with Gasteiger partial charge in [-0.3, -0.25) is 15.5 Å². The Kier molecular flexibility index (Phi) is 6.07. The summed E-state index contributed by atoms with van der Waals surface area (Å²) in [6, 6.07) is 8.36. The Balaban J connectivity index is 2.09. The maximum absolute atomic E-state index is 11.8. The fourth-order valence-electron chi connectivity index (χ4n) is 2.24. The van der Waals surface area contributed by atoms with E-state index in [-0.39, 0.29) is 10.9 Å². The first-order chi connectivity index (χ1) is 12.3. The summed E-state index contributed by atoms with van der Waals surface area (Å²) in [6.07, 6.45) is 1.31. The van der Waals surface area contributed by atoms with Crippen LogP contribution in [0.1, 0.15) is 16.7 Å². The van der Waals surface area contributed by atoms with Crippen molar-refractivity contribution in [2.75, 3.05) is 12.4 Å². The monoisotopic (exact) mass is 373 g/mol. The molecule has 0 aliphatic rings. The summed E-state index contributed by atoms with van der Waals surface area (Å²) < 4.78 is 4.87. The highest BCUT2D eigenvalue weighted by molar-refractivity contribution is 7.80. The van der Waals surface area contributed by atoms with E-state index in [1.807, 2.05) is 32.0 Å². The second-order valence-corrected chi connectivity index (χ2v) is 5.88. The Morgan fingerprint density at radius 3 is 2.65 bits per heavy atom. The number of nitrogens with zero attached hydrogens (tertiary/aromatic N) is 2. The highest BCUT2D eigenvalue weighted by atomic mass is 32.1. The number of aryl methyl sites for hydroxylation is 2. The normalized spacial score (nSPS) is 10.6. The fraction of sp³-hybridized carbons (Fsp3) is 0.176. The topological polar surface area (TPSA) is 112 Å². The number of nitrogens with one attached hydrogen (secondary N) is 2. The summed E-state index contributed by atoms with van der Waals surface area (Å²) in [6.45, 7) is 3.95. The maximum atomic E-state index is 11.8. The Hall–Kier alpha value is -3.20. The number of anilines is 1. The molecule has 0 spiro atoms. The minimum absolute atomic E-state index is 0.128. The van der Waals surface area contributed by atoms with Crippen molar-refractivity contribution in [1.29, 1.82) is 0 Å². The van der Waals surface area contributed by atoms with Gasteiger partial charge in [-0.15, -0.1) is 0 Å². The van der Waals surface area contributed by atoms with Gasteiger partial charge in [0.2, 0.25) is 0 Å². The Bertz CT molecular complexity index is 883. The van der Waals surface area contributed by atoms with Crippen molar-refractivity contribution in [3.63, 3.8) is 0 Å². The summed E-state index contributed by atoms with van der Waals surface area (Å²) >= 11 is 5.16. The van der Waals surface area contributed by atoms with Crippen LogP contribution >= 0.6 is 12.2 Å². The van der Waals surface area contributed by atoms with Crippen molar-refractivity contribution in [3.8, 4) is 11.5 Å². The molecule has 0 heterocycles. The first-order valence-corrected chi connectivity index (χ1v) is 7.93. The minimum Gasteiger partial charge on any atom is -0.865 e. The van der Waals surface area contributed by atoms with E-state index in [2.05, 4.69) is 15.8 Å². The zero-order valence-electron chi connectivity index (χ0n) is 14.4. The summed E-state index contributed by atoms with van der Waals surface area (Å²) in [5, 5.41) is 29.9. The number of ether oxygens (including phenoxy) is 1. The zero-order valence-corrected chi connectivity index (χ0v) is 15.2. The van der Waals surface area contributed by atoms with Crippen molar-refractivity contribution in [2.45, 2.75) is 13.8 Å². The predicted molar refractivity (Wildman–Crippen MR) is 102 cm³/mol. The lowest BCUT2D eigenvalue weighted by Gasteiger charge is -2.13. The molecule has 26 heavy (non-hydrogen) atoms. The van der Waals surface area contributed by atoms with Crippen LogP contribution in [0.3, 0.4) is 0 Å². The van der Waals surface area contributed by atoms with Crippen LogP contribution in [0.5, 0.6) is 11.5 Å². The van der Waals surface area contributed by atoms with E-state index in [9.17, 15) is 15.2 Å². The van der Waals surface area contributed by atoms with Crippen molar-refractivity contribution in [3.05, 3.63) is 57.1 Å². The molecule has 2 N–H and O–H groups in total. The molecular weight excluding hydrogens is 356 g/mol. The van der Waals surface area contributed by atoms with Crippen LogP contribution in [0.4, 0.5) is 11.4 Å². The molecule has 0 aliphatic heterocycles.